The maximum Gasteiger partial charge on any atom is 0.144 e. The summed E-state index contributed by atoms with van der Waals surface area (Å²) in [4.78, 5) is 4.32. The highest BCUT2D eigenvalue weighted by atomic mass is 79.9. The Bertz CT molecular complexity index is 454. The number of halogens is 1. The molecule has 3 heteroatoms. The summed E-state index contributed by atoms with van der Waals surface area (Å²) in [7, 11) is 0. The van der Waals surface area contributed by atoms with E-state index in [-0.39, 0.29) is 0 Å². The minimum Gasteiger partial charge on any atom is -0.339 e. The maximum absolute atomic E-state index is 4.32. The first-order chi connectivity index (χ1) is 7.25. The molecule has 0 aliphatic heterocycles. The molecule has 0 radical (unpaired) electrons. The highest BCUT2D eigenvalue weighted by Gasteiger charge is 2.01. The van der Waals surface area contributed by atoms with E-state index < -0.39 is 0 Å². The zero-order chi connectivity index (χ0) is 10.7. The first-order valence-corrected chi connectivity index (χ1v) is 5.49. The summed E-state index contributed by atoms with van der Waals surface area (Å²) >= 11 is 3.48. The number of para-hydroxylation sites is 1. The number of hydrogen-bond donors (Lipinski definition) is 1. The van der Waals surface area contributed by atoms with E-state index in [0.29, 0.717) is 0 Å². The number of aromatic nitrogens is 1. The van der Waals surface area contributed by atoms with Crippen LogP contribution >= 0.6 is 15.9 Å². The highest BCUT2D eigenvalue weighted by Crippen LogP contribution is 2.23. The molecule has 0 aliphatic carbocycles. The number of anilines is 2. The lowest BCUT2D eigenvalue weighted by molar-refractivity contribution is 1.24. The second kappa shape index (κ2) is 4.45. The molecule has 0 amide bonds. The van der Waals surface area contributed by atoms with Crippen molar-refractivity contribution >= 4 is 27.4 Å². The van der Waals surface area contributed by atoms with Gasteiger partial charge in [0.25, 0.3) is 0 Å². The van der Waals surface area contributed by atoms with Gasteiger partial charge in [0.05, 0.1) is 4.47 Å². The van der Waals surface area contributed by atoms with Crippen LogP contribution in [0, 0.1) is 6.92 Å². The number of hydrogen-bond acceptors (Lipinski definition) is 2. The molecule has 0 unspecified atom stereocenters. The summed E-state index contributed by atoms with van der Waals surface area (Å²) < 4.78 is 0.978. The van der Waals surface area contributed by atoms with Crippen molar-refractivity contribution in [3.63, 3.8) is 0 Å². The van der Waals surface area contributed by atoms with Crippen LogP contribution in [0.3, 0.4) is 0 Å². The van der Waals surface area contributed by atoms with E-state index in [1.54, 1.807) is 0 Å². The third-order valence-corrected chi connectivity index (χ3v) is 2.62. The van der Waals surface area contributed by atoms with Crippen LogP contribution in [0.25, 0.3) is 0 Å². The SMILES string of the molecule is Cc1cnc(Nc2ccccc2)c(Br)c1. The lowest BCUT2D eigenvalue weighted by Gasteiger charge is -2.07. The van der Waals surface area contributed by atoms with Crippen molar-refractivity contribution in [1.82, 2.24) is 4.98 Å². The molecular weight excluding hydrogens is 252 g/mol. The average Bonchev–Trinajstić information content (AvgIpc) is 2.24. The Hall–Kier alpha value is -1.35. The molecule has 15 heavy (non-hydrogen) atoms. The Morgan fingerprint density at radius 2 is 1.93 bits per heavy atom. The van der Waals surface area contributed by atoms with E-state index >= 15 is 0 Å². The molecule has 1 N–H and O–H groups in total. The van der Waals surface area contributed by atoms with Gasteiger partial charge in [-0.1, -0.05) is 18.2 Å². The molecular formula is C12H11BrN2. The van der Waals surface area contributed by atoms with Crippen LogP contribution in [-0.4, -0.2) is 4.98 Å². The van der Waals surface area contributed by atoms with Crippen LogP contribution in [0.2, 0.25) is 0 Å². The lowest BCUT2D eigenvalue weighted by Crippen LogP contribution is -1.94. The fraction of sp³-hybridized carbons (Fsp3) is 0.0833. The standard InChI is InChI=1S/C12H11BrN2/c1-9-7-11(13)12(14-8-9)15-10-5-3-2-4-6-10/h2-8H,1H3,(H,14,15). The van der Waals surface area contributed by atoms with Gasteiger partial charge in [0.1, 0.15) is 5.82 Å². The molecule has 1 aromatic heterocycles. The van der Waals surface area contributed by atoms with E-state index in [9.17, 15) is 0 Å². The predicted molar refractivity (Wildman–Crippen MR) is 66.4 cm³/mol. The van der Waals surface area contributed by atoms with Gasteiger partial charge in [-0.3, -0.25) is 0 Å². The van der Waals surface area contributed by atoms with Crippen molar-refractivity contribution in [3.8, 4) is 0 Å². The summed E-state index contributed by atoms with van der Waals surface area (Å²) in [6, 6.07) is 12.0. The monoisotopic (exact) mass is 262 g/mol. The van der Waals surface area contributed by atoms with Gasteiger partial charge in [0, 0.05) is 11.9 Å². The highest BCUT2D eigenvalue weighted by molar-refractivity contribution is 9.10. The molecule has 0 aliphatic rings. The summed E-state index contributed by atoms with van der Waals surface area (Å²) in [6.45, 7) is 2.02. The van der Waals surface area contributed by atoms with E-state index in [4.69, 9.17) is 0 Å². The van der Waals surface area contributed by atoms with Crippen molar-refractivity contribution in [2.24, 2.45) is 0 Å². The molecule has 0 atom stereocenters. The normalized spacial score (nSPS) is 10.0. The zero-order valence-electron chi connectivity index (χ0n) is 8.37. The summed E-state index contributed by atoms with van der Waals surface area (Å²) in [5.74, 6) is 0.840. The third-order valence-electron chi connectivity index (χ3n) is 2.01. The number of rotatable bonds is 2. The number of benzene rings is 1. The number of pyridine rings is 1. The van der Waals surface area contributed by atoms with Gasteiger partial charge >= 0.3 is 0 Å². The molecule has 0 spiro atoms. The second-order valence-electron chi connectivity index (χ2n) is 3.33. The van der Waals surface area contributed by atoms with Crippen LogP contribution in [0.15, 0.2) is 47.1 Å². The van der Waals surface area contributed by atoms with Crippen LogP contribution in [0.1, 0.15) is 5.56 Å². The minimum absolute atomic E-state index is 0.840. The Labute approximate surface area is 97.5 Å². The first-order valence-electron chi connectivity index (χ1n) is 4.70. The third kappa shape index (κ3) is 2.57. The number of aryl methyl sites for hydroxylation is 1. The Kier molecular flexibility index (Phi) is 3.02. The topological polar surface area (TPSA) is 24.9 Å². The van der Waals surface area contributed by atoms with Gasteiger partial charge < -0.3 is 5.32 Å². The minimum atomic E-state index is 0.840. The number of nitrogens with zero attached hydrogens (tertiary/aromatic N) is 1. The summed E-state index contributed by atoms with van der Waals surface area (Å²) in [5, 5.41) is 3.24. The maximum atomic E-state index is 4.32. The van der Waals surface area contributed by atoms with E-state index in [1.165, 1.54) is 0 Å². The molecule has 2 rings (SSSR count). The van der Waals surface area contributed by atoms with Crippen molar-refractivity contribution in [3.05, 3.63) is 52.6 Å². The lowest BCUT2D eigenvalue weighted by atomic mass is 10.3. The Morgan fingerprint density at radius 3 is 2.60 bits per heavy atom. The number of nitrogens with one attached hydrogen (secondary N) is 1. The molecule has 1 heterocycles. The van der Waals surface area contributed by atoms with Crippen molar-refractivity contribution in [1.29, 1.82) is 0 Å². The fourth-order valence-corrected chi connectivity index (χ4v) is 1.85. The van der Waals surface area contributed by atoms with Gasteiger partial charge in [-0.25, -0.2) is 4.98 Å². The van der Waals surface area contributed by atoms with Crippen LogP contribution in [-0.2, 0) is 0 Å². The predicted octanol–water partition coefficient (Wildman–Crippen LogP) is 3.90. The summed E-state index contributed by atoms with van der Waals surface area (Å²) in [5.41, 5.74) is 2.18. The van der Waals surface area contributed by atoms with Gasteiger partial charge in [-0.05, 0) is 46.6 Å². The van der Waals surface area contributed by atoms with E-state index in [2.05, 4.69) is 26.2 Å². The Balaban J connectivity index is 2.25. The van der Waals surface area contributed by atoms with E-state index in [1.807, 2.05) is 49.5 Å². The van der Waals surface area contributed by atoms with Gasteiger partial charge in [-0.15, -0.1) is 0 Å². The zero-order valence-corrected chi connectivity index (χ0v) is 9.95. The molecule has 0 bridgehead atoms. The first kappa shape index (κ1) is 10.2. The smallest absolute Gasteiger partial charge is 0.144 e. The van der Waals surface area contributed by atoms with Crippen molar-refractivity contribution in [2.45, 2.75) is 6.92 Å². The Morgan fingerprint density at radius 1 is 1.20 bits per heavy atom. The molecule has 0 saturated carbocycles. The van der Waals surface area contributed by atoms with Crippen LogP contribution in [0.4, 0.5) is 11.5 Å². The molecule has 0 saturated heterocycles. The van der Waals surface area contributed by atoms with Gasteiger partial charge in [-0.2, -0.15) is 0 Å². The van der Waals surface area contributed by atoms with Gasteiger partial charge in [0.2, 0.25) is 0 Å². The molecule has 1 aromatic carbocycles. The van der Waals surface area contributed by atoms with E-state index in [0.717, 1.165) is 21.5 Å². The summed E-state index contributed by atoms with van der Waals surface area (Å²) in [6.07, 6.45) is 1.84. The molecule has 2 nitrogen and oxygen atoms in total. The fourth-order valence-electron chi connectivity index (χ4n) is 1.28. The quantitative estimate of drug-likeness (QED) is 0.888. The van der Waals surface area contributed by atoms with Gasteiger partial charge in [0.15, 0.2) is 0 Å². The van der Waals surface area contributed by atoms with Crippen molar-refractivity contribution in [2.75, 3.05) is 5.32 Å². The average molecular weight is 263 g/mol. The molecule has 0 fully saturated rings. The van der Waals surface area contributed by atoms with Crippen molar-refractivity contribution < 1.29 is 0 Å². The molecule has 2 aromatic rings. The largest absolute Gasteiger partial charge is 0.339 e. The van der Waals surface area contributed by atoms with Crippen LogP contribution < -0.4 is 5.32 Å². The van der Waals surface area contributed by atoms with Crippen LogP contribution in [0.5, 0.6) is 0 Å². The second-order valence-corrected chi connectivity index (χ2v) is 4.19. The molecule has 76 valence electrons.